The van der Waals surface area contributed by atoms with Gasteiger partial charge in [-0.2, -0.15) is 0 Å². The lowest BCUT2D eigenvalue weighted by Gasteiger charge is -2.05. The smallest absolute Gasteiger partial charge is 0.230 e. The number of nitrogens with zero attached hydrogens (tertiary/aromatic N) is 1. The van der Waals surface area contributed by atoms with Crippen LogP contribution in [0.4, 0.5) is 0 Å². The van der Waals surface area contributed by atoms with Crippen molar-refractivity contribution in [1.29, 1.82) is 0 Å². The van der Waals surface area contributed by atoms with Crippen LogP contribution < -0.4 is 5.32 Å². The summed E-state index contributed by atoms with van der Waals surface area (Å²) in [6.07, 6.45) is 0. The van der Waals surface area contributed by atoms with E-state index in [-0.39, 0.29) is 5.91 Å². The summed E-state index contributed by atoms with van der Waals surface area (Å²) in [5, 5.41) is 6.99. The Morgan fingerprint density at radius 2 is 2.09 bits per heavy atom. The number of benzene rings is 1. The average Bonchev–Trinajstić information content (AvgIpc) is 2.96. The molecule has 3 aromatic rings. The number of thiophene rings is 1. The van der Waals surface area contributed by atoms with Crippen molar-refractivity contribution in [3.63, 3.8) is 0 Å². The van der Waals surface area contributed by atoms with E-state index in [9.17, 15) is 4.79 Å². The molecule has 0 fully saturated rings. The summed E-state index contributed by atoms with van der Waals surface area (Å²) in [7, 11) is 0. The van der Waals surface area contributed by atoms with Gasteiger partial charge in [-0.3, -0.25) is 4.79 Å². The molecule has 0 spiro atoms. The third-order valence-electron chi connectivity index (χ3n) is 3.34. The summed E-state index contributed by atoms with van der Waals surface area (Å²) < 4.78 is 0. The van der Waals surface area contributed by atoms with Crippen molar-refractivity contribution in [3.05, 3.63) is 58.3 Å². The Morgan fingerprint density at radius 1 is 1.23 bits per heavy atom. The van der Waals surface area contributed by atoms with Crippen LogP contribution in [0.15, 0.2) is 52.9 Å². The highest BCUT2D eigenvalue weighted by Crippen LogP contribution is 2.20. The Hall–Kier alpha value is -1.85. The van der Waals surface area contributed by atoms with Crippen LogP contribution in [0.5, 0.6) is 0 Å². The summed E-state index contributed by atoms with van der Waals surface area (Å²) in [5.41, 5.74) is 2.19. The number of rotatable bonds is 5. The van der Waals surface area contributed by atoms with Gasteiger partial charge in [0, 0.05) is 10.3 Å². The SMILES string of the molecule is Cc1ccsc1CNC(=O)CSc1ccc2ccccc2n1. The van der Waals surface area contributed by atoms with Gasteiger partial charge < -0.3 is 5.32 Å². The minimum Gasteiger partial charge on any atom is -0.350 e. The van der Waals surface area contributed by atoms with Crippen molar-refractivity contribution >= 4 is 39.9 Å². The van der Waals surface area contributed by atoms with Gasteiger partial charge in [-0.25, -0.2) is 4.98 Å². The highest BCUT2D eigenvalue weighted by molar-refractivity contribution is 7.99. The summed E-state index contributed by atoms with van der Waals surface area (Å²) in [4.78, 5) is 17.7. The molecule has 112 valence electrons. The molecule has 3 rings (SSSR count). The second-order valence-electron chi connectivity index (χ2n) is 4.93. The zero-order valence-electron chi connectivity index (χ0n) is 12.2. The number of hydrogen-bond acceptors (Lipinski definition) is 4. The summed E-state index contributed by atoms with van der Waals surface area (Å²) in [6, 6.07) is 14.1. The van der Waals surface area contributed by atoms with Crippen LogP contribution in [-0.2, 0) is 11.3 Å². The minimum atomic E-state index is 0.0350. The number of carbonyl (C=O) groups is 1. The maximum Gasteiger partial charge on any atom is 0.230 e. The predicted molar refractivity (Wildman–Crippen MR) is 93.4 cm³/mol. The van der Waals surface area contributed by atoms with E-state index in [1.54, 1.807) is 11.3 Å². The quantitative estimate of drug-likeness (QED) is 0.720. The van der Waals surface area contributed by atoms with E-state index >= 15 is 0 Å². The molecule has 0 aliphatic carbocycles. The van der Waals surface area contributed by atoms with Gasteiger partial charge in [0.2, 0.25) is 5.91 Å². The number of carbonyl (C=O) groups excluding carboxylic acids is 1. The van der Waals surface area contributed by atoms with Crippen LogP contribution in [0.25, 0.3) is 10.9 Å². The molecule has 22 heavy (non-hydrogen) atoms. The first-order valence-electron chi connectivity index (χ1n) is 7.00. The van der Waals surface area contributed by atoms with E-state index in [0.717, 1.165) is 15.9 Å². The molecule has 5 heteroatoms. The normalized spacial score (nSPS) is 10.8. The summed E-state index contributed by atoms with van der Waals surface area (Å²) in [6.45, 7) is 2.67. The molecule has 2 aromatic heterocycles. The number of para-hydroxylation sites is 1. The summed E-state index contributed by atoms with van der Waals surface area (Å²) in [5.74, 6) is 0.420. The number of hydrogen-bond donors (Lipinski definition) is 1. The highest BCUT2D eigenvalue weighted by Gasteiger charge is 2.06. The highest BCUT2D eigenvalue weighted by atomic mass is 32.2. The lowest BCUT2D eigenvalue weighted by Crippen LogP contribution is -2.24. The fraction of sp³-hybridized carbons (Fsp3) is 0.176. The largest absolute Gasteiger partial charge is 0.350 e. The number of aromatic nitrogens is 1. The van der Waals surface area contributed by atoms with E-state index in [1.807, 2.05) is 41.8 Å². The van der Waals surface area contributed by atoms with Crippen LogP contribution in [0.2, 0.25) is 0 Å². The van der Waals surface area contributed by atoms with Gasteiger partial charge in [-0.05, 0) is 36.1 Å². The molecule has 1 N–H and O–H groups in total. The molecule has 3 nitrogen and oxygen atoms in total. The lowest BCUT2D eigenvalue weighted by atomic mass is 10.2. The van der Waals surface area contributed by atoms with Gasteiger partial charge >= 0.3 is 0 Å². The topological polar surface area (TPSA) is 42.0 Å². The van der Waals surface area contributed by atoms with Crippen molar-refractivity contribution in [2.45, 2.75) is 18.5 Å². The van der Waals surface area contributed by atoms with Gasteiger partial charge in [0.1, 0.15) is 0 Å². The fourth-order valence-electron chi connectivity index (χ4n) is 2.08. The molecule has 2 heterocycles. The molecule has 0 radical (unpaired) electrons. The van der Waals surface area contributed by atoms with Crippen LogP contribution in [0.1, 0.15) is 10.4 Å². The van der Waals surface area contributed by atoms with Crippen LogP contribution in [0.3, 0.4) is 0 Å². The predicted octanol–water partition coefficient (Wildman–Crippen LogP) is 4.01. The maximum absolute atomic E-state index is 11.9. The Morgan fingerprint density at radius 3 is 2.91 bits per heavy atom. The number of nitrogens with one attached hydrogen (secondary N) is 1. The Labute approximate surface area is 137 Å². The molecule has 0 bridgehead atoms. The Bertz CT molecular complexity index is 798. The first-order valence-corrected chi connectivity index (χ1v) is 8.87. The minimum absolute atomic E-state index is 0.0350. The number of thioether (sulfide) groups is 1. The van der Waals surface area contributed by atoms with Gasteiger partial charge in [-0.15, -0.1) is 11.3 Å². The lowest BCUT2D eigenvalue weighted by molar-refractivity contribution is -0.118. The molecule has 0 atom stereocenters. The maximum atomic E-state index is 11.9. The van der Waals surface area contributed by atoms with Gasteiger partial charge in [0.25, 0.3) is 0 Å². The first kappa shape index (κ1) is 15.1. The van der Waals surface area contributed by atoms with E-state index in [1.165, 1.54) is 22.2 Å². The zero-order valence-corrected chi connectivity index (χ0v) is 13.8. The van der Waals surface area contributed by atoms with E-state index in [0.29, 0.717) is 12.3 Å². The second-order valence-corrected chi connectivity index (χ2v) is 6.93. The number of fused-ring (bicyclic) bond motifs is 1. The van der Waals surface area contributed by atoms with Gasteiger partial charge in [-0.1, -0.05) is 36.0 Å². The molecule has 0 saturated carbocycles. The fourth-order valence-corrected chi connectivity index (χ4v) is 3.64. The van der Waals surface area contributed by atoms with Gasteiger partial charge in [0.05, 0.1) is 22.8 Å². The molecular formula is C17H16N2OS2. The van der Waals surface area contributed by atoms with Crippen LogP contribution >= 0.6 is 23.1 Å². The van der Waals surface area contributed by atoms with Crippen LogP contribution in [0, 0.1) is 6.92 Å². The Kier molecular flexibility index (Phi) is 4.75. The average molecular weight is 328 g/mol. The van der Waals surface area contributed by atoms with Crippen molar-refractivity contribution in [2.24, 2.45) is 0 Å². The monoisotopic (exact) mass is 328 g/mol. The molecule has 1 aromatic carbocycles. The molecular weight excluding hydrogens is 312 g/mol. The Balaban J connectivity index is 1.54. The number of amides is 1. The third kappa shape index (κ3) is 3.67. The third-order valence-corrected chi connectivity index (χ3v) is 5.29. The summed E-state index contributed by atoms with van der Waals surface area (Å²) >= 11 is 3.14. The van der Waals surface area contributed by atoms with Gasteiger partial charge in [0.15, 0.2) is 0 Å². The van der Waals surface area contributed by atoms with Crippen molar-refractivity contribution in [2.75, 3.05) is 5.75 Å². The second kappa shape index (κ2) is 6.94. The van der Waals surface area contributed by atoms with Crippen molar-refractivity contribution in [3.8, 4) is 0 Å². The number of aryl methyl sites for hydroxylation is 1. The molecule has 0 aliphatic heterocycles. The van der Waals surface area contributed by atoms with E-state index in [4.69, 9.17) is 0 Å². The molecule has 1 amide bonds. The van der Waals surface area contributed by atoms with E-state index in [2.05, 4.69) is 23.3 Å². The molecule has 0 saturated heterocycles. The zero-order chi connectivity index (χ0) is 15.4. The van der Waals surface area contributed by atoms with E-state index < -0.39 is 0 Å². The number of pyridine rings is 1. The molecule has 0 unspecified atom stereocenters. The molecule has 0 aliphatic rings. The van der Waals surface area contributed by atoms with Crippen molar-refractivity contribution < 1.29 is 4.79 Å². The van der Waals surface area contributed by atoms with Crippen LogP contribution in [-0.4, -0.2) is 16.6 Å². The first-order chi connectivity index (χ1) is 10.7. The van der Waals surface area contributed by atoms with Crippen molar-refractivity contribution in [1.82, 2.24) is 10.3 Å². The standard InChI is InChI=1S/C17H16N2OS2/c1-12-8-9-21-15(12)10-18-16(20)11-22-17-7-6-13-4-2-3-5-14(13)19-17/h2-9H,10-11H2,1H3,(H,18,20).